The number of amides is 2. The summed E-state index contributed by atoms with van der Waals surface area (Å²) in [6.07, 6.45) is 0. The van der Waals surface area contributed by atoms with Crippen molar-refractivity contribution in [2.24, 2.45) is 0 Å². The van der Waals surface area contributed by atoms with Crippen molar-refractivity contribution >= 4 is 34.8 Å². The van der Waals surface area contributed by atoms with E-state index in [1.807, 2.05) is 6.92 Å². The quantitative estimate of drug-likeness (QED) is 0.782. The first kappa shape index (κ1) is 16.5. The fraction of sp³-hybridized carbons (Fsp3) is 0.429. The number of nitrogens with one attached hydrogen (secondary N) is 3. The Morgan fingerprint density at radius 3 is 2.40 bits per heavy atom. The lowest BCUT2D eigenvalue weighted by molar-refractivity contribution is -0.121. The molecule has 6 heteroatoms. The highest BCUT2D eigenvalue weighted by molar-refractivity contribution is 6.34. The highest BCUT2D eigenvalue weighted by Gasteiger charge is 2.26. The molecule has 0 bridgehead atoms. The largest absolute Gasteiger partial charge is 0.325 e. The third-order valence-corrected chi connectivity index (χ3v) is 3.04. The first-order valence-electron chi connectivity index (χ1n) is 6.40. The van der Waals surface area contributed by atoms with Crippen molar-refractivity contribution in [1.82, 2.24) is 5.32 Å². The highest BCUT2D eigenvalue weighted by atomic mass is 35.5. The second-order valence-corrected chi connectivity index (χ2v) is 5.39. The fourth-order valence-corrected chi connectivity index (χ4v) is 1.92. The predicted octanol–water partition coefficient (Wildman–Crippen LogP) is 2.62. The molecule has 0 unspecified atom stereocenters. The third-order valence-electron chi connectivity index (χ3n) is 2.72. The van der Waals surface area contributed by atoms with Crippen molar-refractivity contribution in [3.63, 3.8) is 0 Å². The van der Waals surface area contributed by atoms with Crippen LogP contribution in [-0.4, -0.2) is 23.9 Å². The minimum absolute atomic E-state index is 0.150. The van der Waals surface area contributed by atoms with E-state index in [-0.39, 0.29) is 11.8 Å². The maximum atomic E-state index is 12.1. The molecule has 3 N–H and O–H groups in total. The first-order chi connectivity index (χ1) is 9.26. The fourth-order valence-electron chi connectivity index (χ4n) is 1.69. The Morgan fingerprint density at radius 1 is 1.25 bits per heavy atom. The van der Waals surface area contributed by atoms with Crippen molar-refractivity contribution in [3.8, 4) is 0 Å². The summed E-state index contributed by atoms with van der Waals surface area (Å²) >= 11 is 6.05. The number of benzene rings is 1. The average molecular weight is 298 g/mol. The lowest BCUT2D eigenvalue weighted by atomic mass is 10.0. The molecule has 0 aliphatic carbocycles. The number of hydrogen-bond acceptors (Lipinski definition) is 3. The van der Waals surface area contributed by atoms with Gasteiger partial charge in [-0.1, -0.05) is 18.5 Å². The Labute approximate surface area is 124 Å². The molecule has 20 heavy (non-hydrogen) atoms. The maximum absolute atomic E-state index is 12.1. The van der Waals surface area contributed by atoms with E-state index in [4.69, 9.17) is 11.6 Å². The van der Waals surface area contributed by atoms with E-state index in [2.05, 4.69) is 16.0 Å². The number of carbonyl (C=O) groups is 2. The van der Waals surface area contributed by atoms with Gasteiger partial charge in [0.1, 0.15) is 0 Å². The summed E-state index contributed by atoms with van der Waals surface area (Å²) in [7, 11) is 0. The molecule has 2 amide bonds. The van der Waals surface area contributed by atoms with Crippen molar-refractivity contribution < 1.29 is 9.59 Å². The van der Waals surface area contributed by atoms with Crippen molar-refractivity contribution in [3.05, 3.63) is 23.2 Å². The van der Waals surface area contributed by atoms with Crippen molar-refractivity contribution in [2.45, 2.75) is 33.2 Å². The van der Waals surface area contributed by atoms with Gasteiger partial charge < -0.3 is 16.0 Å². The minimum Gasteiger partial charge on any atom is -0.325 e. The second kappa shape index (κ2) is 6.72. The van der Waals surface area contributed by atoms with Crippen LogP contribution in [0.15, 0.2) is 18.2 Å². The van der Waals surface area contributed by atoms with Gasteiger partial charge in [-0.2, -0.15) is 0 Å². The standard InChI is InChI=1S/C14H20ClN3O2/c1-5-16-14(3,4)13(20)18-10-6-7-12(11(15)8-10)17-9(2)19/h6-8,16H,5H2,1-4H3,(H,17,19)(H,18,20). The van der Waals surface area contributed by atoms with Gasteiger partial charge in [0, 0.05) is 12.6 Å². The summed E-state index contributed by atoms with van der Waals surface area (Å²) in [6, 6.07) is 4.95. The van der Waals surface area contributed by atoms with E-state index < -0.39 is 5.54 Å². The molecular formula is C14H20ClN3O2. The van der Waals surface area contributed by atoms with Crippen LogP contribution in [0.5, 0.6) is 0 Å². The van der Waals surface area contributed by atoms with Crippen LogP contribution < -0.4 is 16.0 Å². The summed E-state index contributed by atoms with van der Waals surface area (Å²) < 4.78 is 0. The van der Waals surface area contributed by atoms with Crippen molar-refractivity contribution in [2.75, 3.05) is 17.2 Å². The molecule has 1 aromatic rings. The molecule has 0 heterocycles. The third kappa shape index (κ3) is 4.51. The van der Waals surface area contributed by atoms with Gasteiger partial charge in [0.05, 0.1) is 16.2 Å². The van der Waals surface area contributed by atoms with Crippen LogP contribution in [0.25, 0.3) is 0 Å². The molecule has 110 valence electrons. The van der Waals surface area contributed by atoms with Gasteiger partial charge >= 0.3 is 0 Å². The minimum atomic E-state index is -0.669. The van der Waals surface area contributed by atoms with Gasteiger partial charge in [-0.3, -0.25) is 9.59 Å². The Hall–Kier alpha value is -1.59. The Bertz CT molecular complexity index is 515. The monoisotopic (exact) mass is 297 g/mol. The van der Waals surface area contributed by atoms with Gasteiger partial charge in [0.25, 0.3) is 0 Å². The molecular weight excluding hydrogens is 278 g/mol. The average Bonchev–Trinajstić information content (AvgIpc) is 2.32. The number of halogens is 1. The van der Waals surface area contributed by atoms with Crippen LogP contribution in [-0.2, 0) is 9.59 Å². The highest BCUT2D eigenvalue weighted by Crippen LogP contribution is 2.25. The SMILES string of the molecule is CCNC(C)(C)C(=O)Nc1ccc(NC(C)=O)c(Cl)c1. The number of carbonyl (C=O) groups excluding carboxylic acids is 2. The molecule has 0 saturated carbocycles. The van der Waals surface area contributed by atoms with Crippen LogP contribution >= 0.6 is 11.6 Å². The van der Waals surface area contributed by atoms with Gasteiger partial charge in [-0.15, -0.1) is 0 Å². The Kier molecular flexibility index (Phi) is 5.53. The van der Waals surface area contributed by atoms with Gasteiger partial charge in [0.15, 0.2) is 0 Å². The lowest BCUT2D eigenvalue weighted by Gasteiger charge is -2.24. The first-order valence-corrected chi connectivity index (χ1v) is 6.77. The molecule has 0 spiro atoms. The van der Waals surface area contributed by atoms with E-state index in [9.17, 15) is 9.59 Å². The molecule has 0 fully saturated rings. The smallest absolute Gasteiger partial charge is 0.244 e. The molecule has 1 rings (SSSR count). The van der Waals surface area contributed by atoms with E-state index in [0.717, 1.165) is 0 Å². The summed E-state index contributed by atoms with van der Waals surface area (Å²) in [5.41, 5.74) is 0.431. The normalized spacial score (nSPS) is 11.1. The van der Waals surface area contributed by atoms with Crippen LogP contribution in [0.4, 0.5) is 11.4 Å². The van der Waals surface area contributed by atoms with E-state index in [1.54, 1.807) is 32.0 Å². The predicted molar refractivity (Wildman–Crippen MR) is 82.1 cm³/mol. The summed E-state index contributed by atoms with van der Waals surface area (Å²) in [6.45, 7) is 7.65. The summed E-state index contributed by atoms with van der Waals surface area (Å²) in [5.74, 6) is -0.348. The summed E-state index contributed by atoms with van der Waals surface area (Å²) in [4.78, 5) is 23.1. The molecule has 5 nitrogen and oxygen atoms in total. The molecule has 0 aliphatic heterocycles. The van der Waals surface area contributed by atoms with Crippen LogP contribution in [0.2, 0.25) is 5.02 Å². The Balaban J connectivity index is 2.82. The maximum Gasteiger partial charge on any atom is 0.244 e. The topological polar surface area (TPSA) is 70.2 Å². The number of hydrogen-bond donors (Lipinski definition) is 3. The molecule has 0 radical (unpaired) electrons. The van der Waals surface area contributed by atoms with Crippen LogP contribution in [0.3, 0.4) is 0 Å². The van der Waals surface area contributed by atoms with Gasteiger partial charge in [-0.25, -0.2) is 0 Å². The second-order valence-electron chi connectivity index (χ2n) is 4.99. The lowest BCUT2D eigenvalue weighted by Crippen LogP contribution is -2.49. The molecule has 1 aromatic carbocycles. The van der Waals surface area contributed by atoms with Gasteiger partial charge in [-0.05, 0) is 38.6 Å². The Morgan fingerprint density at radius 2 is 1.90 bits per heavy atom. The number of anilines is 2. The van der Waals surface area contributed by atoms with Crippen LogP contribution in [0.1, 0.15) is 27.7 Å². The molecule has 0 aliphatic rings. The number of rotatable bonds is 5. The van der Waals surface area contributed by atoms with Crippen molar-refractivity contribution in [1.29, 1.82) is 0 Å². The number of likely N-dealkylation sites (N-methyl/N-ethyl adjacent to an activating group) is 1. The van der Waals surface area contributed by atoms with Gasteiger partial charge in [0.2, 0.25) is 11.8 Å². The zero-order chi connectivity index (χ0) is 15.3. The molecule has 0 atom stereocenters. The zero-order valence-electron chi connectivity index (χ0n) is 12.1. The van der Waals surface area contributed by atoms with E-state index >= 15 is 0 Å². The zero-order valence-corrected chi connectivity index (χ0v) is 12.9. The molecule has 0 saturated heterocycles. The van der Waals surface area contributed by atoms with E-state index in [1.165, 1.54) is 6.92 Å². The molecule has 0 aromatic heterocycles. The van der Waals surface area contributed by atoms with E-state index in [0.29, 0.717) is 22.9 Å². The van der Waals surface area contributed by atoms with Crippen LogP contribution in [0, 0.1) is 0 Å². The summed E-state index contributed by atoms with van der Waals surface area (Å²) in [5, 5.41) is 8.86.